The van der Waals surface area contributed by atoms with Crippen molar-refractivity contribution in [1.29, 1.82) is 0 Å². The van der Waals surface area contributed by atoms with Gasteiger partial charge in [0.1, 0.15) is 17.4 Å². The van der Waals surface area contributed by atoms with Gasteiger partial charge in [0, 0.05) is 23.8 Å². The zero-order chi connectivity index (χ0) is 21.1. The van der Waals surface area contributed by atoms with Crippen LogP contribution in [0.25, 0.3) is 5.65 Å². The maximum Gasteiger partial charge on any atom is 0.350 e. The second-order valence-electron chi connectivity index (χ2n) is 6.32. The molecule has 4 rings (SSSR count). The van der Waals surface area contributed by atoms with E-state index in [0.29, 0.717) is 22.1 Å². The van der Waals surface area contributed by atoms with Gasteiger partial charge >= 0.3 is 5.69 Å². The highest BCUT2D eigenvalue weighted by Crippen LogP contribution is 2.23. The normalized spacial score (nSPS) is 11.0. The van der Waals surface area contributed by atoms with Crippen molar-refractivity contribution in [2.24, 2.45) is 0 Å². The highest BCUT2D eigenvalue weighted by molar-refractivity contribution is 7.98. The minimum Gasteiger partial charge on any atom is -0.324 e. The molecule has 0 radical (unpaired) electrons. The highest BCUT2D eigenvalue weighted by Gasteiger charge is 2.15. The zero-order valence-corrected chi connectivity index (χ0v) is 17.0. The van der Waals surface area contributed by atoms with E-state index in [2.05, 4.69) is 15.4 Å². The zero-order valence-electron chi connectivity index (χ0n) is 15.5. The quantitative estimate of drug-likeness (QED) is 0.460. The number of amides is 1. The summed E-state index contributed by atoms with van der Waals surface area (Å²) in [6.45, 7) is -0.307. The van der Waals surface area contributed by atoms with Crippen molar-refractivity contribution in [1.82, 2.24) is 19.2 Å². The van der Waals surface area contributed by atoms with E-state index in [1.165, 1.54) is 40.7 Å². The molecule has 1 amide bonds. The van der Waals surface area contributed by atoms with Crippen LogP contribution < -0.4 is 11.0 Å². The molecule has 10 heteroatoms. The molecule has 152 valence electrons. The van der Waals surface area contributed by atoms with Crippen LogP contribution in [-0.2, 0) is 17.1 Å². The Morgan fingerprint density at radius 1 is 1.20 bits per heavy atom. The van der Waals surface area contributed by atoms with Gasteiger partial charge in [-0.2, -0.15) is 0 Å². The van der Waals surface area contributed by atoms with Crippen molar-refractivity contribution in [2.45, 2.75) is 17.3 Å². The summed E-state index contributed by atoms with van der Waals surface area (Å²) in [5.41, 5.74) is 1.36. The number of thioether (sulfide) groups is 1. The average Bonchev–Trinajstić information content (AvgIpc) is 3.06. The number of hydrogen-bond donors (Lipinski definition) is 1. The van der Waals surface area contributed by atoms with E-state index in [9.17, 15) is 14.0 Å². The van der Waals surface area contributed by atoms with Gasteiger partial charge in [0.15, 0.2) is 5.65 Å². The molecule has 0 aliphatic heterocycles. The lowest BCUT2D eigenvalue weighted by molar-refractivity contribution is -0.117. The lowest BCUT2D eigenvalue weighted by Crippen LogP contribution is -2.28. The van der Waals surface area contributed by atoms with Crippen LogP contribution in [0.1, 0.15) is 5.56 Å². The molecule has 4 aromatic rings. The number of hydrogen-bond acceptors (Lipinski definition) is 5. The number of aromatic nitrogens is 4. The number of carbonyl (C=O) groups is 1. The molecule has 2 heterocycles. The first-order chi connectivity index (χ1) is 14.5. The maximum absolute atomic E-state index is 13.3. The number of nitrogens with zero attached hydrogens (tertiary/aromatic N) is 4. The van der Waals surface area contributed by atoms with Gasteiger partial charge in [0.2, 0.25) is 5.91 Å². The van der Waals surface area contributed by atoms with Gasteiger partial charge in [-0.05, 0) is 23.8 Å². The Morgan fingerprint density at radius 3 is 2.77 bits per heavy atom. The Balaban J connectivity index is 1.53. The lowest BCUT2D eigenvalue weighted by Gasteiger charge is -2.05. The van der Waals surface area contributed by atoms with Gasteiger partial charge < -0.3 is 5.32 Å². The third-order valence-corrected chi connectivity index (χ3v) is 5.51. The van der Waals surface area contributed by atoms with Crippen LogP contribution >= 0.6 is 23.4 Å². The molecule has 0 fully saturated rings. The summed E-state index contributed by atoms with van der Waals surface area (Å²) < 4.78 is 15.7. The average molecular weight is 444 g/mol. The molecular formula is C20H15ClFN5O2S. The van der Waals surface area contributed by atoms with Crippen LogP contribution in [0, 0.1) is 5.82 Å². The monoisotopic (exact) mass is 443 g/mol. The highest BCUT2D eigenvalue weighted by atomic mass is 35.5. The molecule has 2 aromatic heterocycles. The SMILES string of the molecule is O=C(Cn1nc2c(SCc3ccccc3)nccn2c1=O)Nc1ccc(F)c(Cl)c1. The first-order valence-corrected chi connectivity index (χ1v) is 10.2. The molecule has 0 aliphatic carbocycles. The molecule has 0 unspecified atom stereocenters. The van der Waals surface area contributed by atoms with E-state index in [4.69, 9.17) is 11.6 Å². The Labute approximate surface area is 179 Å². The van der Waals surface area contributed by atoms with Crippen LogP contribution in [0.3, 0.4) is 0 Å². The Hall–Kier alpha value is -3.17. The summed E-state index contributed by atoms with van der Waals surface area (Å²) in [5.74, 6) is -0.408. The molecule has 0 aliphatic rings. The smallest absolute Gasteiger partial charge is 0.324 e. The molecule has 2 aromatic carbocycles. The summed E-state index contributed by atoms with van der Waals surface area (Å²) in [6, 6.07) is 13.7. The second-order valence-corrected chi connectivity index (χ2v) is 7.69. The van der Waals surface area contributed by atoms with Crippen LogP contribution in [0.4, 0.5) is 10.1 Å². The Kier molecular flexibility index (Phi) is 5.82. The van der Waals surface area contributed by atoms with E-state index in [0.717, 1.165) is 16.3 Å². The first kappa shape index (κ1) is 20.1. The molecule has 30 heavy (non-hydrogen) atoms. The fourth-order valence-corrected chi connectivity index (χ4v) is 3.85. The van der Waals surface area contributed by atoms with Crippen molar-refractivity contribution in [3.05, 3.63) is 87.8 Å². The number of anilines is 1. The largest absolute Gasteiger partial charge is 0.350 e. The van der Waals surface area contributed by atoms with Crippen molar-refractivity contribution >= 4 is 40.6 Å². The number of halogens is 2. The molecular weight excluding hydrogens is 429 g/mol. The summed E-state index contributed by atoms with van der Waals surface area (Å²) in [6.07, 6.45) is 3.03. The number of fused-ring (bicyclic) bond motifs is 1. The Bertz CT molecular complexity index is 1280. The topological polar surface area (TPSA) is 81.3 Å². The van der Waals surface area contributed by atoms with Crippen molar-refractivity contribution in [3.63, 3.8) is 0 Å². The van der Waals surface area contributed by atoms with Crippen LogP contribution in [0.5, 0.6) is 0 Å². The van der Waals surface area contributed by atoms with Crippen molar-refractivity contribution in [2.75, 3.05) is 5.32 Å². The predicted octanol–water partition coefficient (Wildman–Crippen LogP) is 3.61. The maximum atomic E-state index is 13.3. The van der Waals surface area contributed by atoms with Crippen molar-refractivity contribution < 1.29 is 9.18 Å². The fourth-order valence-electron chi connectivity index (χ4n) is 2.77. The molecule has 0 atom stereocenters. The molecule has 0 saturated heterocycles. The van der Waals surface area contributed by atoms with Gasteiger partial charge in [0.25, 0.3) is 0 Å². The fraction of sp³-hybridized carbons (Fsp3) is 0.100. The van der Waals surface area contributed by atoms with Gasteiger partial charge in [-0.3, -0.25) is 4.79 Å². The van der Waals surface area contributed by atoms with E-state index in [1.54, 1.807) is 0 Å². The van der Waals surface area contributed by atoms with E-state index in [1.807, 2.05) is 30.3 Å². The molecule has 0 bridgehead atoms. The summed E-state index contributed by atoms with van der Waals surface area (Å²) in [4.78, 5) is 29.3. The number of nitrogens with one attached hydrogen (secondary N) is 1. The van der Waals surface area contributed by atoms with Crippen LogP contribution in [-0.4, -0.2) is 25.1 Å². The van der Waals surface area contributed by atoms with Crippen molar-refractivity contribution in [3.8, 4) is 0 Å². The summed E-state index contributed by atoms with van der Waals surface area (Å²) >= 11 is 7.17. The minimum absolute atomic E-state index is 0.108. The number of carbonyl (C=O) groups excluding carboxylic acids is 1. The summed E-state index contributed by atoms with van der Waals surface area (Å²) in [7, 11) is 0. The number of rotatable bonds is 6. The molecule has 0 saturated carbocycles. The number of benzene rings is 2. The van der Waals surface area contributed by atoms with Gasteiger partial charge in [0.05, 0.1) is 5.02 Å². The third kappa shape index (κ3) is 4.37. The van der Waals surface area contributed by atoms with Gasteiger partial charge in [-0.1, -0.05) is 53.7 Å². The summed E-state index contributed by atoms with van der Waals surface area (Å²) in [5, 5.41) is 7.32. The lowest BCUT2D eigenvalue weighted by atomic mass is 10.2. The van der Waals surface area contributed by atoms with E-state index >= 15 is 0 Å². The Morgan fingerprint density at radius 2 is 2.00 bits per heavy atom. The third-order valence-electron chi connectivity index (χ3n) is 4.18. The molecule has 7 nitrogen and oxygen atoms in total. The first-order valence-electron chi connectivity index (χ1n) is 8.87. The van der Waals surface area contributed by atoms with Gasteiger partial charge in [-0.15, -0.1) is 5.10 Å². The molecule has 0 spiro atoms. The van der Waals surface area contributed by atoms with E-state index < -0.39 is 17.4 Å². The van der Waals surface area contributed by atoms with E-state index in [-0.39, 0.29) is 11.6 Å². The van der Waals surface area contributed by atoms with Crippen LogP contribution in [0.2, 0.25) is 5.02 Å². The van der Waals surface area contributed by atoms with Gasteiger partial charge in [-0.25, -0.2) is 23.3 Å². The predicted molar refractivity (Wildman–Crippen MR) is 113 cm³/mol. The second kappa shape index (κ2) is 8.68. The standard InChI is InChI=1S/C20H15ClFN5O2S/c21-15-10-14(6-7-16(15)22)24-17(28)11-27-20(29)26-9-8-23-19(18(26)25-27)30-12-13-4-2-1-3-5-13/h1-10H,11-12H2,(H,24,28). The minimum atomic E-state index is -0.584. The molecule has 1 N–H and O–H groups in total. The van der Waals surface area contributed by atoms with Crippen LogP contribution in [0.15, 0.2) is 70.7 Å².